The quantitative estimate of drug-likeness (QED) is 0.753. The van der Waals surface area contributed by atoms with Crippen LogP contribution in [-0.4, -0.2) is 49.6 Å². The van der Waals surface area contributed by atoms with Crippen LogP contribution in [0.15, 0.2) is 0 Å². The van der Waals surface area contributed by atoms with Gasteiger partial charge in [0.05, 0.1) is 12.5 Å². The first-order chi connectivity index (χ1) is 9.19. The molecular weight excluding hydrogens is 244 g/mol. The summed E-state index contributed by atoms with van der Waals surface area (Å²) in [5.41, 5.74) is 0.247. The fourth-order valence-electron chi connectivity index (χ4n) is 3.46. The zero-order valence-corrected chi connectivity index (χ0v) is 11.3. The number of hydrogen-bond acceptors (Lipinski definition) is 3. The number of likely N-dealkylation sites (tertiary alicyclic amines) is 1. The molecule has 1 atom stereocenters. The number of hydrogen-bond donors (Lipinski definition) is 1. The van der Waals surface area contributed by atoms with Crippen molar-refractivity contribution in [2.45, 2.75) is 32.1 Å². The highest BCUT2D eigenvalue weighted by Crippen LogP contribution is 2.38. The minimum atomic E-state index is 0.0834. The number of nitrogens with zero attached hydrogens (tertiary/aromatic N) is 1. The van der Waals surface area contributed by atoms with Gasteiger partial charge in [0.25, 0.3) is 0 Å². The molecule has 0 aliphatic carbocycles. The minimum Gasteiger partial charge on any atom is -0.381 e. The van der Waals surface area contributed by atoms with Gasteiger partial charge in [-0.2, -0.15) is 0 Å². The van der Waals surface area contributed by atoms with Crippen molar-refractivity contribution in [2.24, 2.45) is 11.3 Å². The first-order valence-electron chi connectivity index (χ1n) is 7.32. The molecule has 3 rings (SSSR count). The Bertz CT molecular complexity index is 357. The molecule has 5 heteroatoms. The van der Waals surface area contributed by atoms with Crippen molar-refractivity contribution in [3.05, 3.63) is 0 Å². The van der Waals surface area contributed by atoms with Crippen LogP contribution in [0, 0.1) is 11.3 Å². The highest BCUT2D eigenvalue weighted by Gasteiger charge is 2.39. The Morgan fingerprint density at radius 3 is 2.68 bits per heavy atom. The highest BCUT2D eigenvalue weighted by atomic mass is 16.5. The normalized spacial score (nSPS) is 30.4. The summed E-state index contributed by atoms with van der Waals surface area (Å²) in [5.74, 6) is 0.527. The Morgan fingerprint density at radius 1 is 1.32 bits per heavy atom. The van der Waals surface area contributed by atoms with Crippen molar-refractivity contribution in [3.63, 3.8) is 0 Å². The van der Waals surface area contributed by atoms with Gasteiger partial charge in [0.1, 0.15) is 0 Å². The van der Waals surface area contributed by atoms with Gasteiger partial charge in [0, 0.05) is 32.7 Å². The summed E-state index contributed by atoms with van der Waals surface area (Å²) in [4.78, 5) is 25.5. The fraction of sp³-hybridized carbons (Fsp3) is 0.857. The van der Waals surface area contributed by atoms with E-state index in [9.17, 15) is 9.59 Å². The van der Waals surface area contributed by atoms with Crippen LogP contribution in [0.5, 0.6) is 0 Å². The summed E-state index contributed by atoms with van der Waals surface area (Å²) < 4.78 is 5.30. The minimum absolute atomic E-state index is 0.0834. The second kappa shape index (κ2) is 5.12. The van der Waals surface area contributed by atoms with Crippen molar-refractivity contribution < 1.29 is 14.3 Å². The SMILES string of the molecule is O=C1CCC2(CCN(C(=O)[C@@H]3CCOC3)CC2)CN1. The lowest BCUT2D eigenvalue weighted by Crippen LogP contribution is -2.51. The van der Waals surface area contributed by atoms with E-state index >= 15 is 0 Å². The third-order valence-electron chi connectivity index (χ3n) is 4.96. The molecule has 106 valence electrons. The molecule has 3 aliphatic rings. The number of amides is 2. The molecule has 1 N–H and O–H groups in total. The van der Waals surface area contributed by atoms with Gasteiger partial charge in [-0.3, -0.25) is 9.59 Å². The number of rotatable bonds is 1. The van der Waals surface area contributed by atoms with Gasteiger partial charge < -0.3 is 15.0 Å². The summed E-state index contributed by atoms with van der Waals surface area (Å²) in [6, 6.07) is 0. The summed E-state index contributed by atoms with van der Waals surface area (Å²) >= 11 is 0. The standard InChI is InChI=1S/C14H22N2O3/c17-12-1-3-14(10-15-12)4-6-16(7-5-14)13(18)11-2-8-19-9-11/h11H,1-10H2,(H,15,17)/t11-/m1/s1. The smallest absolute Gasteiger partial charge is 0.228 e. The maximum atomic E-state index is 12.3. The largest absolute Gasteiger partial charge is 0.381 e. The van der Waals surface area contributed by atoms with E-state index in [1.807, 2.05) is 4.90 Å². The first kappa shape index (κ1) is 12.9. The summed E-state index contributed by atoms with van der Waals surface area (Å²) in [6.07, 6.45) is 4.54. The van der Waals surface area contributed by atoms with E-state index in [-0.39, 0.29) is 23.1 Å². The number of carbonyl (C=O) groups is 2. The zero-order chi connectivity index (χ0) is 13.3. The Kier molecular flexibility index (Phi) is 3.48. The molecule has 0 bridgehead atoms. The second-order valence-corrected chi connectivity index (χ2v) is 6.16. The molecule has 0 saturated carbocycles. The average Bonchev–Trinajstić information content (AvgIpc) is 2.97. The van der Waals surface area contributed by atoms with E-state index in [4.69, 9.17) is 4.74 Å². The van der Waals surface area contributed by atoms with Crippen molar-refractivity contribution >= 4 is 11.8 Å². The molecule has 0 aromatic heterocycles. The second-order valence-electron chi connectivity index (χ2n) is 6.16. The van der Waals surface area contributed by atoms with Crippen LogP contribution in [-0.2, 0) is 14.3 Å². The first-order valence-corrected chi connectivity index (χ1v) is 7.32. The molecule has 5 nitrogen and oxygen atoms in total. The number of piperidine rings is 2. The van der Waals surface area contributed by atoms with E-state index in [1.54, 1.807) is 0 Å². The summed E-state index contributed by atoms with van der Waals surface area (Å²) in [6.45, 7) is 3.79. The Hall–Kier alpha value is -1.10. The average molecular weight is 266 g/mol. The van der Waals surface area contributed by atoms with E-state index in [0.717, 1.165) is 51.9 Å². The summed E-state index contributed by atoms with van der Waals surface area (Å²) in [7, 11) is 0. The van der Waals surface area contributed by atoms with Gasteiger partial charge in [-0.05, 0) is 31.1 Å². The van der Waals surface area contributed by atoms with Gasteiger partial charge in [-0.15, -0.1) is 0 Å². The van der Waals surface area contributed by atoms with Gasteiger partial charge >= 0.3 is 0 Å². The van der Waals surface area contributed by atoms with Crippen molar-refractivity contribution in [1.29, 1.82) is 0 Å². The molecule has 0 aromatic carbocycles. The predicted molar refractivity (Wildman–Crippen MR) is 69.4 cm³/mol. The van der Waals surface area contributed by atoms with Crippen molar-refractivity contribution in [2.75, 3.05) is 32.8 Å². The van der Waals surface area contributed by atoms with Crippen LogP contribution in [0.4, 0.5) is 0 Å². The Labute approximate surface area is 113 Å². The maximum absolute atomic E-state index is 12.3. The lowest BCUT2D eigenvalue weighted by atomic mass is 9.73. The maximum Gasteiger partial charge on any atom is 0.228 e. The molecular formula is C14H22N2O3. The number of carbonyl (C=O) groups excluding carboxylic acids is 2. The van der Waals surface area contributed by atoms with E-state index in [1.165, 1.54) is 0 Å². The predicted octanol–water partition coefficient (Wildman–Crippen LogP) is 0.542. The molecule has 2 amide bonds. The molecule has 0 radical (unpaired) electrons. The fourth-order valence-corrected chi connectivity index (χ4v) is 3.46. The lowest BCUT2D eigenvalue weighted by molar-refractivity contribution is -0.139. The van der Waals surface area contributed by atoms with Crippen molar-refractivity contribution in [3.8, 4) is 0 Å². The molecule has 0 unspecified atom stereocenters. The van der Waals surface area contributed by atoms with Crippen LogP contribution >= 0.6 is 0 Å². The van der Waals surface area contributed by atoms with Crippen LogP contribution in [0.3, 0.4) is 0 Å². The van der Waals surface area contributed by atoms with Crippen LogP contribution < -0.4 is 5.32 Å². The molecule has 3 saturated heterocycles. The zero-order valence-electron chi connectivity index (χ0n) is 11.3. The molecule has 1 spiro atoms. The number of nitrogens with one attached hydrogen (secondary N) is 1. The van der Waals surface area contributed by atoms with Crippen LogP contribution in [0.25, 0.3) is 0 Å². The van der Waals surface area contributed by atoms with Crippen LogP contribution in [0.1, 0.15) is 32.1 Å². The number of ether oxygens (including phenoxy) is 1. The topological polar surface area (TPSA) is 58.6 Å². The van der Waals surface area contributed by atoms with E-state index < -0.39 is 0 Å². The third kappa shape index (κ3) is 2.61. The van der Waals surface area contributed by atoms with Crippen molar-refractivity contribution in [1.82, 2.24) is 10.2 Å². The molecule has 3 fully saturated rings. The Morgan fingerprint density at radius 2 is 2.11 bits per heavy atom. The monoisotopic (exact) mass is 266 g/mol. The van der Waals surface area contributed by atoms with Crippen LogP contribution in [0.2, 0.25) is 0 Å². The molecule has 19 heavy (non-hydrogen) atoms. The van der Waals surface area contributed by atoms with Gasteiger partial charge in [-0.25, -0.2) is 0 Å². The molecule has 3 aliphatic heterocycles. The lowest BCUT2D eigenvalue weighted by Gasteiger charge is -2.44. The highest BCUT2D eigenvalue weighted by molar-refractivity contribution is 5.79. The Balaban J connectivity index is 1.54. The van der Waals surface area contributed by atoms with E-state index in [0.29, 0.717) is 13.0 Å². The van der Waals surface area contributed by atoms with E-state index in [2.05, 4.69) is 5.32 Å². The third-order valence-corrected chi connectivity index (χ3v) is 4.96. The van der Waals surface area contributed by atoms with Gasteiger partial charge in [-0.1, -0.05) is 0 Å². The van der Waals surface area contributed by atoms with Gasteiger partial charge in [0.2, 0.25) is 11.8 Å². The summed E-state index contributed by atoms with van der Waals surface area (Å²) in [5, 5.41) is 2.98. The molecule has 0 aromatic rings. The molecule has 3 heterocycles. The van der Waals surface area contributed by atoms with Gasteiger partial charge in [0.15, 0.2) is 0 Å².